The van der Waals surface area contributed by atoms with Crippen molar-refractivity contribution < 1.29 is 9.90 Å². The van der Waals surface area contributed by atoms with Crippen LogP contribution in [0.5, 0.6) is 5.75 Å². The molecule has 1 aromatic carbocycles. The Morgan fingerprint density at radius 2 is 2.09 bits per heavy atom. The molecule has 0 aromatic heterocycles. The van der Waals surface area contributed by atoms with Gasteiger partial charge in [0.1, 0.15) is 17.4 Å². The molecule has 1 aromatic rings. The molecule has 0 bridgehead atoms. The van der Waals surface area contributed by atoms with Gasteiger partial charge >= 0.3 is 0 Å². The molecule has 4 nitrogen and oxygen atoms in total. The van der Waals surface area contributed by atoms with Crippen LogP contribution in [0.4, 0.5) is 0 Å². The zero-order valence-corrected chi connectivity index (χ0v) is 15.6. The van der Waals surface area contributed by atoms with E-state index < -0.39 is 0 Å². The van der Waals surface area contributed by atoms with Crippen LogP contribution in [0.15, 0.2) is 22.2 Å². The van der Waals surface area contributed by atoms with E-state index in [1.807, 2.05) is 28.7 Å². The van der Waals surface area contributed by atoms with E-state index in [1.165, 1.54) is 12.5 Å². The van der Waals surface area contributed by atoms with Crippen molar-refractivity contribution in [2.75, 3.05) is 0 Å². The van der Waals surface area contributed by atoms with Gasteiger partial charge in [-0.2, -0.15) is 5.26 Å². The Labute approximate surface area is 151 Å². The first-order valence-corrected chi connectivity index (χ1v) is 8.99. The quantitative estimate of drug-likeness (QED) is 0.393. The Bertz CT molecular complexity index is 646. The molecule has 0 unspecified atom stereocenters. The van der Waals surface area contributed by atoms with Gasteiger partial charge in [0.05, 0.1) is 3.57 Å². The third-order valence-corrected chi connectivity index (χ3v) is 4.94. The largest absolute Gasteiger partial charge is 0.506 e. The molecular weight excluding hydrogens is 459 g/mol. The molecule has 1 aliphatic carbocycles. The second-order valence-electron chi connectivity index (χ2n) is 5.30. The standard InChI is InChI=1S/C16H16BrIN2O2/c17-12-7-10(15(21)14(18)8-12)6-11(9-19)16(22)20-13-4-2-1-3-5-13/h6-8,13,21H,1-5H2,(H,20,22). The summed E-state index contributed by atoms with van der Waals surface area (Å²) in [7, 11) is 0. The van der Waals surface area contributed by atoms with Crippen molar-refractivity contribution in [1.82, 2.24) is 5.32 Å². The maximum Gasteiger partial charge on any atom is 0.262 e. The number of phenols is 1. The lowest BCUT2D eigenvalue weighted by atomic mass is 9.95. The third kappa shape index (κ3) is 4.46. The number of carbonyl (C=O) groups is 1. The summed E-state index contributed by atoms with van der Waals surface area (Å²) in [6.45, 7) is 0. The molecule has 0 spiro atoms. The van der Waals surface area contributed by atoms with Crippen LogP contribution in [0.2, 0.25) is 0 Å². The average molecular weight is 475 g/mol. The summed E-state index contributed by atoms with van der Waals surface area (Å²) in [4.78, 5) is 12.2. The fourth-order valence-electron chi connectivity index (χ4n) is 2.51. The summed E-state index contributed by atoms with van der Waals surface area (Å²) >= 11 is 5.35. The molecule has 0 heterocycles. The van der Waals surface area contributed by atoms with Gasteiger partial charge in [-0.25, -0.2) is 0 Å². The summed E-state index contributed by atoms with van der Waals surface area (Å²) in [6, 6.07) is 5.52. The summed E-state index contributed by atoms with van der Waals surface area (Å²) < 4.78 is 1.44. The van der Waals surface area contributed by atoms with Crippen molar-refractivity contribution >= 4 is 50.5 Å². The maximum atomic E-state index is 12.2. The van der Waals surface area contributed by atoms with Gasteiger partial charge in [0.25, 0.3) is 5.91 Å². The number of nitriles is 1. The summed E-state index contributed by atoms with van der Waals surface area (Å²) in [5.41, 5.74) is 0.462. The number of carbonyl (C=O) groups excluding carboxylic acids is 1. The fraction of sp³-hybridized carbons (Fsp3) is 0.375. The highest BCUT2D eigenvalue weighted by atomic mass is 127. The second kappa shape index (κ2) is 7.97. The Kier molecular flexibility index (Phi) is 6.26. The molecule has 6 heteroatoms. The van der Waals surface area contributed by atoms with Crippen LogP contribution in [0.25, 0.3) is 6.08 Å². The molecule has 0 saturated heterocycles. The summed E-state index contributed by atoms with van der Waals surface area (Å²) in [5.74, 6) is -0.300. The summed E-state index contributed by atoms with van der Waals surface area (Å²) in [6.07, 6.45) is 6.79. The number of hydrogen-bond donors (Lipinski definition) is 2. The van der Waals surface area contributed by atoms with Crippen LogP contribution in [-0.2, 0) is 4.79 Å². The van der Waals surface area contributed by atoms with Crippen LogP contribution in [-0.4, -0.2) is 17.1 Å². The Morgan fingerprint density at radius 3 is 2.73 bits per heavy atom. The molecule has 2 N–H and O–H groups in total. The van der Waals surface area contributed by atoms with Crippen molar-refractivity contribution in [3.05, 3.63) is 31.3 Å². The van der Waals surface area contributed by atoms with E-state index in [4.69, 9.17) is 0 Å². The molecule has 1 aliphatic rings. The molecule has 1 fully saturated rings. The lowest BCUT2D eigenvalue weighted by Crippen LogP contribution is -2.36. The number of halogens is 2. The van der Waals surface area contributed by atoms with Gasteiger partial charge in [0, 0.05) is 16.1 Å². The van der Waals surface area contributed by atoms with Crippen LogP contribution < -0.4 is 5.32 Å². The van der Waals surface area contributed by atoms with E-state index in [-0.39, 0.29) is 23.3 Å². The first-order chi connectivity index (χ1) is 10.5. The van der Waals surface area contributed by atoms with E-state index >= 15 is 0 Å². The van der Waals surface area contributed by atoms with E-state index in [9.17, 15) is 15.2 Å². The van der Waals surface area contributed by atoms with Crippen molar-refractivity contribution in [2.24, 2.45) is 0 Å². The number of nitrogens with zero attached hydrogens (tertiary/aromatic N) is 1. The minimum Gasteiger partial charge on any atom is -0.506 e. The minimum atomic E-state index is -0.371. The smallest absolute Gasteiger partial charge is 0.262 e. The van der Waals surface area contributed by atoms with Crippen LogP contribution in [0.1, 0.15) is 37.7 Å². The van der Waals surface area contributed by atoms with Gasteiger partial charge in [-0.3, -0.25) is 4.79 Å². The monoisotopic (exact) mass is 474 g/mol. The first kappa shape index (κ1) is 17.3. The van der Waals surface area contributed by atoms with Crippen molar-refractivity contribution in [3.8, 4) is 11.8 Å². The number of nitrogens with one attached hydrogen (secondary N) is 1. The second-order valence-corrected chi connectivity index (χ2v) is 7.38. The van der Waals surface area contributed by atoms with E-state index in [0.29, 0.717) is 9.13 Å². The van der Waals surface area contributed by atoms with Crippen LogP contribution in [0, 0.1) is 14.9 Å². The van der Waals surface area contributed by atoms with Gasteiger partial charge in [0.2, 0.25) is 0 Å². The molecular formula is C16H16BrIN2O2. The van der Waals surface area contributed by atoms with Crippen molar-refractivity contribution in [2.45, 2.75) is 38.1 Å². The maximum absolute atomic E-state index is 12.2. The topological polar surface area (TPSA) is 73.1 Å². The lowest BCUT2D eigenvalue weighted by molar-refractivity contribution is -0.117. The molecule has 2 rings (SSSR count). The highest BCUT2D eigenvalue weighted by Gasteiger charge is 2.18. The highest BCUT2D eigenvalue weighted by Crippen LogP contribution is 2.30. The number of benzene rings is 1. The van der Waals surface area contributed by atoms with E-state index in [2.05, 4.69) is 21.2 Å². The Hall–Kier alpha value is -1.07. The molecule has 0 atom stereocenters. The Balaban J connectivity index is 2.20. The Morgan fingerprint density at radius 1 is 1.41 bits per heavy atom. The molecule has 116 valence electrons. The molecule has 1 amide bonds. The predicted octanol–water partition coefficient (Wildman–Crippen LogP) is 4.12. The molecule has 1 saturated carbocycles. The van der Waals surface area contributed by atoms with Gasteiger partial charge < -0.3 is 10.4 Å². The molecule has 0 aliphatic heterocycles. The van der Waals surface area contributed by atoms with Crippen molar-refractivity contribution in [3.63, 3.8) is 0 Å². The van der Waals surface area contributed by atoms with Crippen LogP contribution in [0.3, 0.4) is 0 Å². The van der Waals surface area contributed by atoms with E-state index in [1.54, 1.807) is 12.1 Å². The molecule has 22 heavy (non-hydrogen) atoms. The average Bonchev–Trinajstić information content (AvgIpc) is 2.50. The van der Waals surface area contributed by atoms with Crippen LogP contribution >= 0.6 is 38.5 Å². The van der Waals surface area contributed by atoms with Gasteiger partial charge in [-0.05, 0) is 53.6 Å². The third-order valence-electron chi connectivity index (χ3n) is 3.66. The van der Waals surface area contributed by atoms with Gasteiger partial charge in [0.15, 0.2) is 0 Å². The SMILES string of the molecule is N#CC(=Cc1cc(Br)cc(I)c1O)C(=O)NC1CCCCC1. The minimum absolute atomic E-state index is 0.00905. The van der Waals surface area contributed by atoms with E-state index in [0.717, 1.165) is 30.2 Å². The lowest BCUT2D eigenvalue weighted by Gasteiger charge is -2.22. The number of rotatable bonds is 3. The molecule has 0 radical (unpaired) electrons. The number of aromatic hydroxyl groups is 1. The predicted molar refractivity (Wildman–Crippen MR) is 97.1 cm³/mol. The first-order valence-electron chi connectivity index (χ1n) is 7.12. The zero-order valence-electron chi connectivity index (χ0n) is 11.9. The number of hydrogen-bond acceptors (Lipinski definition) is 3. The number of phenolic OH excluding ortho intramolecular Hbond substituents is 1. The van der Waals surface area contributed by atoms with Gasteiger partial charge in [-0.1, -0.05) is 35.2 Å². The fourth-order valence-corrected chi connectivity index (χ4v) is 4.06. The van der Waals surface area contributed by atoms with Crippen molar-refractivity contribution in [1.29, 1.82) is 5.26 Å². The highest BCUT2D eigenvalue weighted by molar-refractivity contribution is 14.1. The number of amides is 1. The zero-order chi connectivity index (χ0) is 16.1. The summed E-state index contributed by atoms with van der Waals surface area (Å²) in [5, 5.41) is 22.2. The van der Waals surface area contributed by atoms with Gasteiger partial charge in [-0.15, -0.1) is 0 Å². The normalized spacial score (nSPS) is 16.1.